The van der Waals surface area contributed by atoms with Crippen LogP contribution in [0.5, 0.6) is 0 Å². The van der Waals surface area contributed by atoms with Crippen LogP contribution in [-0.2, 0) is 13.6 Å². The first kappa shape index (κ1) is 13.4. The number of carbonyl (C=O) groups excluding carboxylic acids is 1. The molecule has 100 valence electrons. The van der Waals surface area contributed by atoms with Crippen LogP contribution in [0, 0.1) is 5.82 Å². The highest BCUT2D eigenvalue weighted by Crippen LogP contribution is 2.17. The fourth-order valence-electron chi connectivity index (χ4n) is 1.57. The molecule has 1 aromatic carbocycles. The predicted octanol–water partition coefficient (Wildman–Crippen LogP) is 1.72. The van der Waals surface area contributed by atoms with Crippen molar-refractivity contribution in [2.45, 2.75) is 6.54 Å². The average Bonchev–Trinajstić information content (AvgIpc) is 2.67. The van der Waals surface area contributed by atoms with Gasteiger partial charge in [-0.3, -0.25) is 9.48 Å². The molecule has 0 aliphatic heterocycles. The van der Waals surface area contributed by atoms with Gasteiger partial charge in [0.05, 0.1) is 16.8 Å². The van der Waals surface area contributed by atoms with Crippen LogP contribution in [0.15, 0.2) is 24.4 Å². The van der Waals surface area contributed by atoms with Crippen LogP contribution in [0.1, 0.15) is 15.9 Å². The van der Waals surface area contributed by atoms with Crippen LogP contribution in [0.25, 0.3) is 0 Å². The Morgan fingerprint density at radius 2 is 2.32 bits per heavy atom. The monoisotopic (exact) mass is 282 g/mol. The molecule has 7 heteroatoms. The third kappa shape index (κ3) is 2.85. The lowest BCUT2D eigenvalue weighted by molar-refractivity contribution is 0.0951. The lowest BCUT2D eigenvalue weighted by Gasteiger charge is -2.06. The first-order valence-electron chi connectivity index (χ1n) is 5.48. The summed E-state index contributed by atoms with van der Waals surface area (Å²) in [6, 6.07) is 3.60. The van der Waals surface area contributed by atoms with E-state index in [0.29, 0.717) is 11.4 Å². The Morgan fingerprint density at radius 3 is 2.89 bits per heavy atom. The molecule has 0 aliphatic carbocycles. The lowest BCUT2D eigenvalue weighted by atomic mass is 10.2. The van der Waals surface area contributed by atoms with E-state index in [4.69, 9.17) is 17.3 Å². The van der Waals surface area contributed by atoms with Gasteiger partial charge in [-0.05, 0) is 18.2 Å². The zero-order valence-corrected chi connectivity index (χ0v) is 10.9. The van der Waals surface area contributed by atoms with Gasteiger partial charge in [0.15, 0.2) is 0 Å². The van der Waals surface area contributed by atoms with E-state index in [2.05, 4.69) is 10.4 Å². The van der Waals surface area contributed by atoms with Gasteiger partial charge in [0.25, 0.3) is 5.91 Å². The smallest absolute Gasteiger partial charge is 0.253 e. The van der Waals surface area contributed by atoms with E-state index in [9.17, 15) is 9.18 Å². The van der Waals surface area contributed by atoms with E-state index in [1.54, 1.807) is 13.2 Å². The molecule has 0 spiro atoms. The molecule has 3 N–H and O–H groups in total. The van der Waals surface area contributed by atoms with Crippen LogP contribution in [0.3, 0.4) is 0 Å². The Bertz CT molecular complexity index is 626. The Hall–Kier alpha value is -2.08. The molecule has 19 heavy (non-hydrogen) atoms. The molecule has 0 fully saturated rings. The molecule has 1 aromatic heterocycles. The van der Waals surface area contributed by atoms with Gasteiger partial charge in [0.1, 0.15) is 11.6 Å². The fourth-order valence-corrected chi connectivity index (χ4v) is 1.83. The molecular formula is C12H12ClFN4O. The summed E-state index contributed by atoms with van der Waals surface area (Å²) in [6.45, 7) is 0.228. The van der Waals surface area contributed by atoms with Crippen molar-refractivity contribution in [1.29, 1.82) is 0 Å². The van der Waals surface area contributed by atoms with E-state index < -0.39 is 11.7 Å². The first-order chi connectivity index (χ1) is 8.99. The number of nitrogens with zero attached hydrogens (tertiary/aromatic N) is 2. The largest absolute Gasteiger partial charge is 0.384 e. The zero-order valence-electron chi connectivity index (χ0n) is 10.2. The van der Waals surface area contributed by atoms with Crippen molar-refractivity contribution in [2.24, 2.45) is 7.05 Å². The molecule has 0 atom stereocenters. The van der Waals surface area contributed by atoms with Crippen molar-refractivity contribution in [3.05, 3.63) is 46.4 Å². The van der Waals surface area contributed by atoms with Gasteiger partial charge in [-0.1, -0.05) is 11.6 Å². The summed E-state index contributed by atoms with van der Waals surface area (Å²) < 4.78 is 14.4. The number of amides is 1. The summed E-state index contributed by atoms with van der Waals surface area (Å²) >= 11 is 5.80. The first-order valence-corrected chi connectivity index (χ1v) is 5.86. The van der Waals surface area contributed by atoms with E-state index in [0.717, 1.165) is 6.07 Å². The number of halogens is 2. The van der Waals surface area contributed by atoms with Crippen LogP contribution in [0.2, 0.25) is 5.02 Å². The second-order valence-corrected chi connectivity index (χ2v) is 4.39. The van der Waals surface area contributed by atoms with Crippen LogP contribution in [0.4, 0.5) is 10.2 Å². The van der Waals surface area contributed by atoms with Crippen LogP contribution < -0.4 is 11.1 Å². The van der Waals surface area contributed by atoms with Gasteiger partial charge in [-0.2, -0.15) is 5.10 Å². The number of aryl methyl sites for hydroxylation is 1. The summed E-state index contributed by atoms with van der Waals surface area (Å²) in [5, 5.41) is 6.68. The molecule has 0 radical (unpaired) electrons. The second-order valence-electron chi connectivity index (χ2n) is 3.99. The fraction of sp³-hybridized carbons (Fsp3) is 0.167. The molecular weight excluding hydrogens is 271 g/mol. The normalized spacial score (nSPS) is 10.5. The summed E-state index contributed by atoms with van der Waals surface area (Å²) in [6.07, 6.45) is 1.57. The van der Waals surface area contributed by atoms with Gasteiger partial charge >= 0.3 is 0 Å². The van der Waals surface area contributed by atoms with E-state index >= 15 is 0 Å². The van der Waals surface area contributed by atoms with Gasteiger partial charge < -0.3 is 11.1 Å². The molecule has 0 unspecified atom stereocenters. The molecule has 0 bridgehead atoms. The number of aromatic nitrogens is 2. The SMILES string of the molecule is Cn1ncc(CNC(=O)c2ccc(F)cc2Cl)c1N. The summed E-state index contributed by atoms with van der Waals surface area (Å²) in [5.41, 5.74) is 6.67. The van der Waals surface area contributed by atoms with Crippen molar-refractivity contribution in [2.75, 3.05) is 5.73 Å². The number of hydrogen-bond acceptors (Lipinski definition) is 3. The number of carbonyl (C=O) groups is 1. The number of nitrogen functional groups attached to an aromatic ring is 1. The molecule has 2 aromatic rings. The highest BCUT2D eigenvalue weighted by atomic mass is 35.5. The van der Waals surface area contributed by atoms with Crippen molar-refractivity contribution >= 4 is 23.3 Å². The number of nitrogens with one attached hydrogen (secondary N) is 1. The van der Waals surface area contributed by atoms with E-state index in [1.807, 2.05) is 0 Å². The number of rotatable bonds is 3. The molecule has 1 amide bonds. The van der Waals surface area contributed by atoms with Crippen LogP contribution >= 0.6 is 11.6 Å². The van der Waals surface area contributed by atoms with Crippen molar-refractivity contribution in [3.8, 4) is 0 Å². The molecule has 5 nitrogen and oxygen atoms in total. The molecule has 2 rings (SSSR count). The summed E-state index contributed by atoms with van der Waals surface area (Å²) in [5.74, 6) is -0.406. The Balaban J connectivity index is 2.07. The minimum Gasteiger partial charge on any atom is -0.384 e. The number of anilines is 1. The maximum Gasteiger partial charge on any atom is 0.253 e. The van der Waals surface area contributed by atoms with Gasteiger partial charge in [0, 0.05) is 19.2 Å². The average molecular weight is 283 g/mol. The van der Waals surface area contributed by atoms with Crippen molar-refractivity contribution in [1.82, 2.24) is 15.1 Å². The van der Waals surface area contributed by atoms with E-state index in [1.165, 1.54) is 16.8 Å². The maximum atomic E-state index is 12.9. The summed E-state index contributed by atoms with van der Waals surface area (Å²) in [7, 11) is 1.71. The third-order valence-electron chi connectivity index (χ3n) is 2.68. The second kappa shape index (κ2) is 5.27. The highest BCUT2D eigenvalue weighted by molar-refractivity contribution is 6.33. The number of benzene rings is 1. The molecule has 0 saturated carbocycles. The molecule has 1 heterocycles. The standard InChI is InChI=1S/C12H12ClFN4O/c1-18-11(15)7(6-17-18)5-16-12(19)9-3-2-8(14)4-10(9)13/h2-4,6H,5,15H2,1H3,(H,16,19). The topological polar surface area (TPSA) is 72.9 Å². The molecule has 0 aliphatic rings. The Morgan fingerprint density at radius 1 is 1.58 bits per heavy atom. The third-order valence-corrected chi connectivity index (χ3v) is 2.99. The van der Waals surface area contributed by atoms with Crippen molar-refractivity contribution in [3.63, 3.8) is 0 Å². The maximum absolute atomic E-state index is 12.9. The highest BCUT2D eigenvalue weighted by Gasteiger charge is 2.12. The van der Waals surface area contributed by atoms with Gasteiger partial charge in [-0.15, -0.1) is 0 Å². The predicted molar refractivity (Wildman–Crippen MR) is 70.2 cm³/mol. The van der Waals surface area contributed by atoms with Gasteiger partial charge in [0.2, 0.25) is 0 Å². The number of hydrogen-bond donors (Lipinski definition) is 2. The van der Waals surface area contributed by atoms with Crippen molar-refractivity contribution < 1.29 is 9.18 Å². The van der Waals surface area contributed by atoms with Gasteiger partial charge in [-0.25, -0.2) is 4.39 Å². The van der Waals surface area contributed by atoms with E-state index in [-0.39, 0.29) is 17.1 Å². The minimum absolute atomic E-state index is 0.0664. The quantitative estimate of drug-likeness (QED) is 0.900. The summed E-state index contributed by atoms with van der Waals surface area (Å²) in [4.78, 5) is 11.9. The Kier molecular flexibility index (Phi) is 3.71. The Labute approximate surface area is 114 Å². The zero-order chi connectivity index (χ0) is 14.0. The lowest BCUT2D eigenvalue weighted by Crippen LogP contribution is -2.23. The number of nitrogens with two attached hydrogens (primary N) is 1. The molecule has 0 saturated heterocycles. The van der Waals surface area contributed by atoms with Crippen LogP contribution in [-0.4, -0.2) is 15.7 Å². The minimum atomic E-state index is -0.488.